The fraction of sp³-hybridized carbons (Fsp3) is 0.188. The van der Waals surface area contributed by atoms with Crippen molar-refractivity contribution in [2.24, 2.45) is 0 Å². The number of para-hydroxylation sites is 6. The van der Waals surface area contributed by atoms with Crippen LogP contribution in [-0.4, -0.2) is 0 Å². The fourth-order valence-corrected chi connectivity index (χ4v) is 14.0. The zero-order chi connectivity index (χ0) is 48.6. The maximum Gasteiger partial charge on any atom is 0.159 e. The highest BCUT2D eigenvalue weighted by Gasteiger charge is 2.33. The molecule has 1 aliphatic heterocycles. The second-order valence-corrected chi connectivity index (χ2v) is 21.5. The molecule has 0 radical (unpaired) electrons. The van der Waals surface area contributed by atoms with Crippen molar-refractivity contribution in [2.45, 2.75) is 83.0 Å². The molecule has 0 unspecified atom stereocenters. The molecule has 2 aliphatic carbocycles. The van der Waals surface area contributed by atoms with Crippen LogP contribution in [0.5, 0.6) is 0 Å². The van der Waals surface area contributed by atoms with E-state index in [1.807, 2.05) is 0 Å². The predicted molar refractivity (Wildman–Crippen MR) is 308 cm³/mol. The van der Waals surface area contributed by atoms with E-state index < -0.39 is 0 Å². The summed E-state index contributed by atoms with van der Waals surface area (Å²) in [7, 11) is 0. The van der Waals surface area contributed by atoms with E-state index in [1.165, 1.54) is 108 Å². The maximum atomic E-state index is 7.34. The van der Waals surface area contributed by atoms with E-state index in [4.69, 9.17) is 13.3 Å². The lowest BCUT2D eigenvalue weighted by Gasteiger charge is -2.33. The second-order valence-electron chi connectivity index (χ2n) is 21.5. The van der Waals surface area contributed by atoms with E-state index in [0.717, 1.165) is 105 Å². The van der Waals surface area contributed by atoms with Gasteiger partial charge in [-0.3, -0.25) is 0 Å². The van der Waals surface area contributed by atoms with Gasteiger partial charge >= 0.3 is 0 Å². The number of hydrogen-bond donors (Lipinski definition) is 0. The molecule has 0 amide bonds. The molecule has 74 heavy (non-hydrogen) atoms. The van der Waals surface area contributed by atoms with Crippen molar-refractivity contribution < 1.29 is 13.3 Å². The lowest BCUT2D eigenvalue weighted by Crippen LogP contribution is -2.15. The first-order valence-electron chi connectivity index (χ1n) is 27.1. The summed E-state index contributed by atoms with van der Waals surface area (Å²) in [4.78, 5) is 4.93. The second kappa shape index (κ2) is 16.4. The van der Waals surface area contributed by atoms with E-state index in [9.17, 15) is 0 Å². The number of aryl methyl sites for hydroxylation is 1. The SMILES string of the molecule is Cc1ccccc1N(c1cc2c3cc4c5c(cccc5c3oc2c2ccccc12)-c1ccccc1N4c1cccc2c1oc1c(C3CCCCC3)cccc12)c1cccc2c1oc1c(C3CCCCC3)cccc12. The molecule has 3 aliphatic rings. The number of fused-ring (bicyclic) bond motifs is 14. The Morgan fingerprint density at radius 3 is 1.58 bits per heavy atom. The van der Waals surface area contributed by atoms with E-state index >= 15 is 0 Å². The van der Waals surface area contributed by atoms with Crippen LogP contribution in [0.4, 0.5) is 34.1 Å². The Bertz CT molecular complexity index is 4440. The molecule has 13 aromatic rings. The summed E-state index contributed by atoms with van der Waals surface area (Å²) in [6.07, 6.45) is 12.6. The van der Waals surface area contributed by atoms with Crippen molar-refractivity contribution in [1.29, 1.82) is 0 Å². The molecule has 0 atom stereocenters. The topological polar surface area (TPSA) is 45.9 Å². The molecule has 2 saturated carbocycles. The molecule has 4 heterocycles. The quantitative estimate of drug-likeness (QED) is 0.166. The number of rotatable bonds is 6. The van der Waals surface area contributed by atoms with E-state index in [-0.39, 0.29) is 0 Å². The van der Waals surface area contributed by atoms with E-state index in [1.54, 1.807) is 0 Å². The van der Waals surface area contributed by atoms with Crippen LogP contribution >= 0.6 is 0 Å². The molecule has 0 bridgehead atoms. The van der Waals surface area contributed by atoms with Crippen LogP contribution in [0.2, 0.25) is 0 Å². The zero-order valence-electron chi connectivity index (χ0n) is 41.6. The van der Waals surface area contributed by atoms with E-state index in [2.05, 4.69) is 193 Å². The highest BCUT2D eigenvalue weighted by atomic mass is 16.3. The monoisotopic (exact) mass is 958 g/mol. The van der Waals surface area contributed by atoms with Crippen molar-refractivity contribution in [3.05, 3.63) is 193 Å². The number of anilines is 6. The summed E-state index contributed by atoms with van der Waals surface area (Å²) in [5.74, 6) is 1.03. The minimum atomic E-state index is 0.511. The minimum absolute atomic E-state index is 0.511. The van der Waals surface area contributed by atoms with Crippen LogP contribution in [0.3, 0.4) is 0 Å². The average molecular weight is 959 g/mol. The van der Waals surface area contributed by atoms with Gasteiger partial charge in [-0.2, -0.15) is 0 Å². The van der Waals surface area contributed by atoms with Gasteiger partial charge in [-0.05, 0) is 103 Å². The van der Waals surface area contributed by atoms with Gasteiger partial charge in [-0.15, -0.1) is 0 Å². The third kappa shape index (κ3) is 6.10. The van der Waals surface area contributed by atoms with Gasteiger partial charge < -0.3 is 23.1 Å². The van der Waals surface area contributed by atoms with Gasteiger partial charge in [0, 0.05) is 65.1 Å². The Balaban J connectivity index is 0.966. The molecule has 2 fully saturated rings. The van der Waals surface area contributed by atoms with Gasteiger partial charge in [0.2, 0.25) is 0 Å². The summed E-state index contributed by atoms with van der Waals surface area (Å²) < 4.78 is 21.9. The molecule has 0 spiro atoms. The minimum Gasteiger partial charge on any atom is -0.455 e. The van der Waals surface area contributed by atoms with Crippen molar-refractivity contribution in [2.75, 3.05) is 9.80 Å². The lowest BCUT2D eigenvalue weighted by molar-refractivity contribution is 0.442. The molecule has 0 N–H and O–H groups in total. The third-order valence-corrected chi connectivity index (χ3v) is 17.5. The van der Waals surface area contributed by atoms with Gasteiger partial charge in [0.05, 0.1) is 28.4 Å². The van der Waals surface area contributed by atoms with Crippen LogP contribution < -0.4 is 9.80 Å². The van der Waals surface area contributed by atoms with Gasteiger partial charge in [0.25, 0.3) is 0 Å². The molecule has 5 heteroatoms. The van der Waals surface area contributed by atoms with Crippen molar-refractivity contribution >= 4 is 121 Å². The van der Waals surface area contributed by atoms with Crippen molar-refractivity contribution in [3.63, 3.8) is 0 Å². The Morgan fingerprint density at radius 1 is 0.351 bits per heavy atom. The predicted octanol–water partition coefficient (Wildman–Crippen LogP) is 21.0. The standard InChI is InChI=1S/C69H54N2O3/c1-41-19-8-12-35-57(41)70(59-37-17-32-52-50-30-14-27-44(64(50)73-68(52)59)42-20-4-2-5-21-42)61-39-55-56-40-62-63-48(29-16-34-54(63)67(56)72-66(55)49-26-10-9-25-47(49)61)46-24-11-13-36-58(46)71(62)60-38-18-33-53-51-31-15-28-45(65(51)74-69(53)60)43-22-6-3-7-23-43/h8-19,24-40,42-43H,2-7,20-23H2,1H3. The zero-order valence-corrected chi connectivity index (χ0v) is 41.6. The Hall–Kier alpha value is -8.28. The molecular weight excluding hydrogens is 905 g/mol. The van der Waals surface area contributed by atoms with Gasteiger partial charge in [-0.1, -0.05) is 178 Å². The Kier molecular flexibility index (Phi) is 9.34. The Labute approximate surface area is 429 Å². The Morgan fingerprint density at radius 2 is 0.838 bits per heavy atom. The molecule has 0 saturated heterocycles. The number of furan rings is 3. The molecular formula is C69H54N2O3. The first-order chi connectivity index (χ1) is 36.7. The largest absolute Gasteiger partial charge is 0.455 e. The summed E-state index contributed by atoms with van der Waals surface area (Å²) >= 11 is 0. The number of benzene rings is 10. The summed E-state index contributed by atoms with van der Waals surface area (Å²) in [6.45, 7) is 2.22. The molecule has 5 nitrogen and oxygen atoms in total. The first-order valence-corrected chi connectivity index (χ1v) is 27.1. The van der Waals surface area contributed by atoms with Crippen LogP contribution in [-0.2, 0) is 0 Å². The lowest BCUT2D eigenvalue weighted by atomic mass is 9.83. The highest BCUT2D eigenvalue weighted by molar-refractivity contribution is 6.29. The van der Waals surface area contributed by atoms with Crippen molar-refractivity contribution in [3.8, 4) is 11.1 Å². The van der Waals surface area contributed by atoms with E-state index in [0.29, 0.717) is 11.8 Å². The maximum absolute atomic E-state index is 7.34. The number of hydrogen-bond acceptors (Lipinski definition) is 5. The van der Waals surface area contributed by atoms with Gasteiger partial charge in [0.15, 0.2) is 11.2 Å². The molecule has 16 rings (SSSR count). The third-order valence-electron chi connectivity index (χ3n) is 17.5. The average Bonchev–Trinajstić information content (AvgIpc) is 4.17. The number of nitrogens with zero attached hydrogens (tertiary/aromatic N) is 2. The fourth-order valence-electron chi connectivity index (χ4n) is 14.0. The van der Waals surface area contributed by atoms with Crippen LogP contribution in [0.15, 0.2) is 189 Å². The molecule has 10 aromatic carbocycles. The normalized spacial score (nSPS) is 15.5. The summed E-state index contributed by atoms with van der Waals surface area (Å²) in [6, 6.07) is 65.0. The van der Waals surface area contributed by atoms with Gasteiger partial charge in [0.1, 0.15) is 22.3 Å². The van der Waals surface area contributed by atoms with Crippen LogP contribution in [0.25, 0.3) is 98.5 Å². The summed E-state index contributed by atoms with van der Waals surface area (Å²) in [5.41, 5.74) is 18.4. The van der Waals surface area contributed by atoms with Gasteiger partial charge in [-0.25, -0.2) is 0 Å². The van der Waals surface area contributed by atoms with Crippen LogP contribution in [0, 0.1) is 6.92 Å². The van der Waals surface area contributed by atoms with Crippen molar-refractivity contribution in [1.82, 2.24) is 0 Å². The molecule has 358 valence electrons. The highest BCUT2D eigenvalue weighted by Crippen LogP contribution is 2.57. The smallest absolute Gasteiger partial charge is 0.159 e. The molecule has 3 aromatic heterocycles. The first kappa shape index (κ1) is 42.2. The van der Waals surface area contributed by atoms with Crippen LogP contribution in [0.1, 0.15) is 92.7 Å². The summed E-state index contributed by atoms with van der Waals surface area (Å²) in [5, 5.41) is 11.2.